The zero-order valence-electron chi connectivity index (χ0n) is 14.3. The highest BCUT2D eigenvalue weighted by Crippen LogP contribution is 2.29. The Morgan fingerprint density at radius 1 is 1.37 bits per heavy atom. The Balaban J connectivity index is 1.94. The molecule has 1 unspecified atom stereocenters. The molecule has 1 aliphatic rings. The first-order valence-electron chi connectivity index (χ1n) is 8.08. The quantitative estimate of drug-likeness (QED) is 0.674. The van der Waals surface area contributed by atoms with Gasteiger partial charge in [-0.05, 0) is 37.3 Å². The number of esters is 1. The van der Waals surface area contributed by atoms with Gasteiger partial charge in [-0.2, -0.15) is 0 Å². The van der Waals surface area contributed by atoms with E-state index in [0.717, 1.165) is 0 Å². The number of ether oxygens (including phenoxy) is 2. The number of amides is 2. The molecule has 1 aliphatic heterocycles. The van der Waals surface area contributed by atoms with Crippen molar-refractivity contribution in [1.82, 2.24) is 10.6 Å². The van der Waals surface area contributed by atoms with Gasteiger partial charge in [0.2, 0.25) is 0 Å². The second kappa shape index (κ2) is 8.26. The first-order chi connectivity index (χ1) is 13.0. The topological polar surface area (TPSA) is 89.8 Å². The second-order valence-corrected chi connectivity index (χ2v) is 6.44. The van der Waals surface area contributed by atoms with Crippen molar-refractivity contribution in [2.75, 3.05) is 13.2 Å². The molecule has 2 N–H and O–H groups in total. The van der Waals surface area contributed by atoms with E-state index in [1.54, 1.807) is 25.1 Å². The molecule has 1 atom stereocenters. The fourth-order valence-corrected chi connectivity index (χ4v) is 2.93. The van der Waals surface area contributed by atoms with E-state index in [9.17, 15) is 14.0 Å². The van der Waals surface area contributed by atoms with E-state index in [2.05, 4.69) is 26.6 Å². The smallest absolute Gasteiger partial charge is 0.338 e. The third-order valence-electron chi connectivity index (χ3n) is 3.74. The number of benzene rings is 1. The summed E-state index contributed by atoms with van der Waals surface area (Å²) in [6.07, 6.45) is 1.43. The molecule has 3 rings (SSSR count). The number of halogens is 2. The third-order valence-corrected chi connectivity index (χ3v) is 4.24. The lowest BCUT2D eigenvalue weighted by molar-refractivity contribution is -0.139. The number of hydrogen-bond donors (Lipinski definition) is 2. The summed E-state index contributed by atoms with van der Waals surface area (Å²) in [5.41, 5.74) is 0.296. The van der Waals surface area contributed by atoms with Crippen LogP contribution in [0.15, 0.2) is 56.8 Å². The number of carbonyl (C=O) groups is 2. The van der Waals surface area contributed by atoms with Crippen LogP contribution >= 0.6 is 15.9 Å². The number of rotatable bonds is 6. The number of urea groups is 1. The summed E-state index contributed by atoms with van der Waals surface area (Å²) in [7, 11) is 0. The predicted molar refractivity (Wildman–Crippen MR) is 96.4 cm³/mol. The van der Waals surface area contributed by atoms with Crippen molar-refractivity contribution in [3.63, 3.8) is 0 Å². The van der Waals surface area contributed by atoms with Crippen LogP contribution in [0.3, 0.4) is 0 Å². The Kier molecular flexibility index (Phi) is 5.80. The molecule has 2 amide bonds. The van der Waals surface area contributed by atoms with E-state index < -0.39 is 23.9 Å². The minimum atomic E-state index is -0.846. The number of hydrogen-bond acceptors (Lipinski definition) is 5. The average Bonchev–Trinajstić information content (AvgIpc) is 3.15. The summed E-state index contributed by atoms with van der Waals surface area (Å²) >= 11 is 3.17. The Hall–Kier alpha value is -2.81. The summed E-state index contributed by atoms with van der Waals surface area (Å²) in [5, 5.41) is 5.15. The first kappa shape index (κ1) is 19.0. The van der Waals surface area contributed by atoms with Gasteiger partial charge >= 0.3 is 12.0 Å². The Morgan fingerprint density at radius 3 is 2.85 bits per heavy atom. The lowest BCUT2D eigenvalue weighted by Crippen LogP contribution is -2.47. The molecule has 1 aromatic heterocycles. The van der Waals surface area contributed by atoms with Crippen LogP contribution in [0.1, 0.15) is 18.7 Å². The molecule has 0 aliphatic carbocycles. The largest absolute Gasteiger partial charge is 0.484 e. The third kappa shape index (κ3) is 4.30. The highest BCUT2D eigenvalue weighted by molar-refractivity contribution is 9.10. The highest BCUT2D eigenvalue weighted by atomic mass is 79.9. The number of furan rings is 1. The van der Waals surface area contributed by atoms with Crippen molar-refractivity contribution < 1.29 is 27.9 Å². The monoisotopic (exact) mass is 438 g/mol. The van der Waals surface area contributed by atoms with Gasteiger partial charge in [0.15, 0.2) is 11.6 Å². The van der Waals surface area contributed by atoms with E-state index in [0.29, 0.717) is 10.2 Å². The molecule has 2 heterocycles. The van der Waals surface area contributed by atoms with Crippen LogP contribution in [0.4, 0.5) is 9.18 Å². The lowest BCUT2D eigenvalue weighted by Gasteiger charge is -2.27. The van der Waals surface area contributed by atoms with Crippen LogP contribution in [-0.4, -0.2) is 25.2 Å². The molecule has 0 saturated carbocycles. The van der Waals surface area contributed by atoms with Crippen LogP contribution in [-0.2, 0) is 9.53 Å². The maximum absolute atomic E-state index is 14.0. The van der Waals surface area contributed by atoms with E-state index in [1.165, 1.54) is 18.4 Å². The maximum atomic E-state index is 14.0. The van der Waals surface area contributed by atoms with Gasteiger partial charge in [0.25, 0.3) is 0 Å². The molecule has 142 valence electrons. The average molecular weight is 439 g/mol. The molecule has 0 spiro atoms. The summed E-state index contributed by atoms with van der Waals surface area (Å²) in [6.45, 7) is 1.58. The minimum Gasteiger partial charge on any atom is -0.484 e. The van der Waals surface area contributed by atoms with Crippen molar-refractivity contribution in [3.05, 3.63) is 63.9 Å². The zero-order chi connectivity index (χ0) is 19.4. The molecule has 0 bridgehead atoms. The van der Waals surface area contributed by atoms with Gasteiger partial charge in [-0.25, -0.2) is 14.0 Å². The second-order valence-electron chi connectivity index (χ2n) is 5.52. The van der Waals surface area contributed by atoms with Gasteiger partial charge in [-0.1, -0.05) is 15.9 Å². The summed E-state index contributed by atoms with van der Waals surface area (Å²) in [4.78, 5) is 24.5. The number of carbonyl (C=O) groups excluding carboxylic acids is 2. The van der Waals surface area contributed by atoms with Gasteiger partial charge in [0.05, 0.1) is 24.1 Å². The molecule has 2 aromatic rings. The predicted octanol–water partition coefficient (Wildman–Crippen LogP) is 3.43. The van der Waals surface area contributed by atoms with Gasteiger partial charge in [-0.3, -0.25) is 0 Å². The van der Waals surface area contributed by atoms with Crippen LogP contribution in [0, 0.1) is 5.82 Å². The van der Waals surface area contributed by atoms with Crippen LogP contribution in [0.25, 0.3) is 0 Å². The summed E-state index contributed by atoms with van der Waals surface area (Å²) < 4.78 is 30.4. The molecule has 9 heteroatoms. The molecule has 0 radical (unpaired) electrons. The van der Waals surface area contributed by atoms with Crippen molar-refractivity contribution in [1.29, 1.82) is 0 Å². The molecule has 27 heavy (non-hydrogen) atoms. The van der Waals surface area contributed by atoms with Crippen molar-refractivity contribution in [3.8, 4) is 5.75 Å². The Labute approximate surface area is 162 Å². The van der Waals surface area contributed by atoms with Gasteiger partial charge in [-0.15, -0.1) is 0 Å². The fraction of sp³-hybridized carbons (Fsp3) is 0.222. The molecule has 7 nitrogen and oxygen atoms in total. The first-order valence-corrected chi connectivity index (χ1v) is 8.87. The van der Waals surface area contributed by atoms with E-state index in [1.807, 2.05) is 0 Å². The Morgan fingerprint density at radius 2 is 2.19 bits per heavy atom. The molecule has 1 aromatic carbocycles. The maximum Gasteiger partial charge on any atom is 0.338 e. The van der Waals surface area contributed by atoms with Gasteiger partial charge < -0.3 is 24.5 Å². The van der Waals surface area contributed by atoms with E-state index >= 15 is 0 Å². The molecule has 0 saturated heterocycles. The zero-order valence-corrected chi connectivity index (χ0v) is 15.8. The van der Waals surface area contributed by atoms with Crippen molar-refractivity contribution in [2.45, 2.75) is 13.0 Å². The van der Waals surface area contributed by atoms with Crippen LogP contribution < -0.4 is 15.4 Å². The SMILES string of the molecule is CCOC(=O)C1=C(COc2ccc(Br)cc2F)NC(=O)NC1c1ccco1. The highest BCUT2D eigenvalue weighted by Gasteiger charge is 2.35. The summed E-state index contributed by atoms with van der Waals surface area (Å²) in [6, 6.07) is 6.19. The number of nitrogens with one attached hydrogen (secondary N) is 2. The lowest BCUT2D eigenvalue weighted by atomic mass is 10.0. The Bertz CT molecular complexity index is 882. The molecule has 0 fully saturated rings. The summed E-state index contributed by atoms with van der Waals surface area (Å²) in [5.74, 6) is -0.872. The molecular formula is C18H16BrFN2O5. The van der Waals surface area contributed by atoms with E-state index in [-0.39, 0.29) is 30.2 Å². The van der Waals surface area contributed by atoms with Crippen LogP contribution in [0.5, 0.6) is 5.75 Å². The van der Waals surface area contributed by atoms with Gasteiger partial charge in [0, 0.05) is 4.47 Å². The van der Waals surface area contributed by atoms with Gasteiger partial charge in [0.1, 0.15) is 18.4 Å². The minimum absolute atomic E-state index is 0.0174. The fourth-order valence-electron chi connectivity index (χ4n) is 2.59. The normalized spacial score (nSPS) is 16.6. The van der Waals surface area contributed by atoms with Crippen molar-refractivity contribution in [2.24, 2.45) is 0 Å². The van der Waals surface area contributed by atoms with Crippen LogP contribution in [0.2, 0.25) is 0 Å². The van der Waals surface area contributed by atoms with Crippen molar-refractivity contribution >= 4 is 27.9 Å². The molecular weight excluding hydrogens is 423 g/mol. The standard InChI is InChI=1S/C18H16BrFN2O5/c1-2-25-17(23)15-12(9-27-13-6-5-10(19)8-11(13)20)21-18(24)22-16(15)14-4-3-7-26-14/h3-8,16H,2,9H2,1H3,(H2,21,22,24). The van der Waals surface area contributed by atoms with E-state index in [4.69, 9.17) is 13.9 Å².